The van der Waals surface area contributed by atoms with Gasteiger partial charge in [0.25, 0.3) is 11.6 Å². The lowest BCUT2D eigenvalue weighted by Crippen LogP contribution is -2.25. The number of nitrogens with one attached hydrogen (secondary N) is 1. The summed E-state index contributed by atoms with van der Waals surface area (Å²) in [6, 6.07) is 6.35. The van der Waals surface area contributed by atoms with Crippen LogP contribution in [0.1, 0.15) is 22.5 Å². The van der Waals surface area contributed by atoms with Crippen LogP contribution in [0.15, 0.2) is 28.1 Å². The number of carbonyl (C=O) groups is 1. The van der Waals surface area contributed by atoms with Gasteiger partial charge in [-0.05, 0) is 54.0 Å². The van der Waals surface area contributed by atoms with E-state index in [4.69, 9.17) is 9.47 Å². The number of halogens is 1. The first kappa shape index (κ1) is 20.6. The number of nitrogens with zero attached hydrogens (tertiary/aromatic N) is 2. The maximum atomic E-state index is 12.5. The number of rotatable bonds is 8. The number of benzene rings is 1. The summed E-state index contributed by atoms with van der Waals surface area (Å²) in [5.74, 6) is 0.526. The average molecular weight is 470 g/mol. The number of anilines is 1. The molecule has 0 spiro atoms. The second-order valence-corrected chi connectivity index (χ2v) is 8.67. The lowest BCUT2D eigenvalue weighted by molar-refractivity contribution is -0.384. The van der Waals surface area contributed by atoms with Gasteiger partial charge in [-0.15, -0.1) is 11.3 Å². The fraction of sp³-hybridized carbons (Fsp3) is 0.389. The van der Waals surface area contributed by atoms with Crippen molar-refractivity contribution in [2.75, 3.05) is 38.7 Å². The highest BCUT2D eigenvalue weighted by molar-refractivity contribution is 9.11. The normalized spacial score (nSPS) is 14.1. The van der Waals surface area contributed by atoms with Crippen LogP contribution in [0, 0.1) is 10.1 Å². The summed E-state index contributed by atoms with van der Waals surface area (Å²) in [5, 5.41) is 13.8. The van der Waals surface area contributed by atoms with Crippen LogP contribution in [-0.4, -0.2) is 49.1 Å². The van der Waals surface area contributed by atoms with Gasteiger partial charge < -0.3 is 14.8 Å². The van der Waals surface area contributed by atoms with E-state index >= 15 is 0 Å². The Labute approximate surface area is 174 Å². The standard InChI is InChI=1S/C18H20BrN3O5S/c1-26-15-10-12(4-5-14(15)27-9-8-21-6-2-3-7-21)20-18(23)17-13(22(24)25)11-16(19)28-17/h4-5,10-11H,2-3,6-9H2,1H3,(H,20,23). The molecule has 0 radical (unpaired) electrons. The molecule has 1 aromatic carbocycles. The highest BCUT2D eigenvalue weighted by Crippen LogP contribution is 2.34. The molecule has 0 atom stereocenters. The van der Waals surface area contributed by atoms with Crippen molar-refractivity contribution in [3.05, 3.63) is 43.0 Å². The topological polar surface area (TPSA) is 93.9 Å². The molecule has 1 aliphatic rings. The van der Waals surface area contributed by atoms with E-state index < -0.39 is 10.8 Å². The number of likely N-dealkylation sites (tertiary alicyclic amines) is 1. The predicted octanol–water partition coefficient (Wildman–Crippen LogP) is 4.15. The molecular weight excluding hydrogens is 450 g/mol. The first-order valence-corrected chi connectivity index (χ1v) is 10.4. The Kier molecular flexibility index (Phi) is 6.87. The number of amides is 1. The third-order valence-electron chi connectivity index (χ3n) is 4.37. The summed E-state index contributed by atoms with van der Waals surface area (Å²) in [6.45, 7) is 3.63. The van der Waals surface area contributed by atoms with Crippen molar-refractivity contribution in [1.82, 2.24) is 4.90 Å². The molecule has 8 nitrogen and oxygen atoms in total. The molecular formula is C18H20BrN3O5S. The molecule has 1 fully saturated rings. The molecule has 1 N–H and O–H groups in total. The van der Waals surface area contributed by atoms with E-state index in [1.807, 2.05) is 0 Å². The quantitative estimate of drug-likeness (QED) is 0.460. The first-order chi connectivity index (χ1) is 13.5. The first-order valence-electron chi connectivity index (χ1n) is 8.76. The van der Waals surface area contributed by atoms with E-state index in [-0.39, 0.29) is 10.6 Å². The lowest BCUT2D eigenvalue weighted by atomic mass is 10.2. The summed E-state index contributed by atoms with van der Waals surface area (Å²) in [5.41, 5.74) is 0.232. The van der Waals surface area contributed by atoms with Crippen LogP contribution >= 0.6 is 27.3 Å². The van der Waals surface area contributed by atoms with Gasteiger partial charge in [-0.2, -0.15) is 0 Å². The molecule has 3 rings (SSSR count). The Bertz CT molecular complexity index is 867. The van der Waals surface area contributed by atoms with E-state index in [1.54, 1.807) is 18.2 Å². The number of hydrogen-bond acceptors (Lipinski definition) is 7. The second-order valence-electron chi connectivity index (χ2n) is 6.24. The highest BCUT2D eigenvalue weighted by Gasteiger charge is 2.24. The highest BCUT2D eigenvalue weighted by atomic mass is 79.9. The zero-order chi connectivity index (χ0) is 20.1. The Balaban J connectivity index is 1.66. The summed E-state index contributed by atoms with van der Waals surface area (Å²) >= 11 is 4.19. The van der Waals surface area contributed by atoms with Gasteiger partial charge in [0.05, 0.1) is 15.8 Å². The number of nitro groups is 1. The Morgan fingerprint density at radius 1 is 1.32 bits per heavy atom. The second kappa shape index (κ2) is 9.35. The van der Waals surface area contributed by atoms with Crippen molar-refractivity contribution < 1.29 is 19.2 Å². The Morgan fingerprint density at radius 3 is 2.75 bits per heavy atom. The number of ether oxygens (including phenoxy) is 2. The minimum absolute atomic E-state index is 0.0294. The molecule has 2 aromatic rings. The monoisotopic (exact) mass is 469 g/mol. The van der Waals surface area contributed by atoms with Crippen molar-refractivity contribution in [2.24, 2.45) is 0 Å². The van der Waals surface area contributed by atoms with Gasteiger partial charge in [0, 0.05) is 24.4 Å². The predicted molar refractivity (Wildman–Crippen MR) is 111 cm³/mol. The zero-order valence-corrected chi connectivity index (χ0v) is 17.7. The van der Waals surface area contributed by atoms with Crippen molar-refractivity contribution >= 4 is 44.5 Å². The maximum Gasteiger partial charge on any atom is 0.294 e. The molecule has 0 saturated carbocycles. The molecule has 2 heterocycles. The molecule has 0 aliphatic carbocycles. The van der Waals surface area contributed by atoms with Gasteiger partial charge in [0.2, 0.25) is 0 Å². The molecule has 0 unspecified atom stereocenters. The fourth-order valence-electron chi connectivity index (χ4n) is 2.99. The number of thiophene rings is 1. The van der Waals surface area contributed by atoms with Gasteiger partial charge >= 0.3 is 0 Å². The number of carbonyl (C=O) groups excluding carboxylic acids is 1. The van der Waals surface area contributed by atoms with E-state index in [0.717, 1.165) is 31.0 Å². The van der Waals surface area contributed by atoms with E-state index in [9.17, 15) is 14.9 Å². The van der Waals surface area contributed by atoms with Crippen molar-refractivity contribution in [3.63, 3.8) is 0 Å². The zero-order valence-electron chi connectivity index (χ0n) is 15.3. The van der Waals surface area contributed by atoms with Crippen LogP contribution in [0.3, 0.4) is 0 Å². The SMILES string of the molecule is COc1cc(NC(=O)c2sc(Br)cc2[N+](=O)[O-])ccc1OCCN1CCCC1. The lowest BCUT2D eigenvalue weighted by Gasteiger charge is -2.16. The van der Waals surface area contributed by atoms with Crippen LogP contribution < -0.4 is 14.8 Å². The summed E-state index contributed by atoms with van der Waals surface area (Å²) in [4.78, 5) is 25.4. The van der Waals surface area contributed by atoms with Crippen molar-refractivity contribution in [1.29, 1.82) is 0 Å². The van der Waals surface area contributed by atoms with Crippen molar-refractivity contribution in [2.45, 2.75) is 12.8 Å². The fourth-order valence-corrected chi connectivity index (χ4v) is 4.44. The molecule has 10 heteroatoms. The van der Waals surface area contributed by atoms with Crippen LogP contribution in [0.4, 0.5) is 11.4 Å². The molecule has 1 aliphatic heterocycles. The Hall–Kier alpha value is -2.17. The summed E-state index contributed by atoms with van der Waals surface area (Å²) in [6.07, 6.45) is 2.47. The number of hydrogen-bond donors (Lipinski definition) is 1. The summed E-state index contributed by atoms with van der Waals surface area (Å²) in [7, 11) is 1.52. The Morgan fingerprint density at radius 2 is 2.07 bits per heavy atom. The van der Waals surface area contributed by atoms with Gasteiger partial charge in [0.15, 0.2) is 16.4 Å². The average Bonchev–Trinajstić information content (AvgIpc) is 3.32. The summed E-state index contributed by atoms with van der Waals surface area (Å²) < 4.78 is 11.7. The molecule has 150 valence electrons. The van der Waals surface area contributed by atoms with Gasteiger partial charge in [-0.3, -0.25) is 19.8 Å². The van der Waals surface area contributed by atoms with E-state index in [1.165, 1.54) is 26.0 Å². The molecule has 1 amide bonds. The molecule has 1 saturated heterocycles. The molecule has 0 bridgehead atoms. The van der Waals surface area contributed by atoms with Gasteiger partial charge in [0.1, 0.15) is 6.61 Å². The minimum atomic E-state index is -0.575. The maximum absolute atomic E-state index is 12.5. The largest absolute Gasteiger partial charge is 0.493 e. The van der Waals surface area contributed by atoms with Gasteiger partial charge in [-0.1, -0.05) is 0 Å². The number of methoxy groups -OCH3 is 1. The van der Waals surface area contributed by atoms with E-state index in [2.05, 4.69) is 26.1 Å². The van der Waals surface area contributed by atoms with Crippen molar-refractivity contribution in [3.8, 4) is 11.5 Å². The molecule has 1 aromatic heterocycles. The third-order valence-corrected chi connectivity index (χ3v) is 6.00. The van der Waals surface area contributed by atoms with Crippen LogP contribution in [0.25, 0.3) is 0 Å². The smallest absolute Gasteiger partial charge is 0.294 e. The van der Waals surface area contributed by atoms with E-state index in [0.29, 0.717) is 27.6 Å². The molecule has 28 heavy (non-hydrogen) atoms. The van der Waals surface area contributed by atoms with Crippen LogP contribution in [-0.2, 0) is 0 Å². The van der Waals surface area contributed by atoms with Crippen LogP contribution in [0.5, 0.6) is 11.5 Å². The van der Waals surface area contributed by atoms with Crippen LogP contribution in [0.2, 0.25) is 0 Å². The minimum Gasteiger partial charge on any atom is -0.493 e. The van der Waals surface area contributed by atoms with Gasteiger partial charge in [-0.25, -0.2) is 0 Å². The third kappa shape index (κ3) is 5.00.